The van der Waals surface area contributed by atoms with Gasteiger partial charge in [0.15, 0.2) is 11.4 Å². The van der Waals surface area contributed by atoms with Crippen molar-refractivity contribution in [2.75, 3.05) is 19.4 Å². The third-order valence-corrected chi connectivity index (χ3v) is 4.19. The van der Waals surface area contributed by atoms with Gasteiger partial charge in [0.1, 0.15) is 0 Å². The summed E-state index contributed by atoms with van der Waals surface area (Å²) in [6.45, 7) is 0. The number of para-hydroxylation sites is 2. The van der Waals surface area contributed by atoms with Crippen LogP contribution in [0.5, 0.6) is 11.5 Å². The zero-order valence-corrected chi connectivity index (χ0v) is 14.6. The highest BCUT2D eigenvalue weighted by atomic mass is 16.5. The van der Waals surface area contributed by atoms with Gasteiger partial charge in [-0.25, -0.2) is 4.68 Å². The van der Waals surface area contributed by atoms with Crippen LogP contribution in [-0.2, 0) is 0 Å². The number of rotatable bonds is 2. The molecular weight excluding hydrogens is 348 g/mol. The number of nitrogens with zero attached hydrogens (tertiary/aromatic N) is 2. The Morgan fingerprint density at radius 3 is 2.44 bits per heavy atom. The largest absolute Gasteiger partial charge is 0.446 e. The zero-order valence-electron chi connectivity index (χ0n) is 14.6. The topological polar surface area (TPSA) is 96.4 Å². The van der Waals surface area contributed by atoms with Crippen LogP contribution in [0.3, 0.4) is 0 Å². The summed E-state index contributed by atoms with van der Waals surface area (Å²) in [5.41, 5.74) is 0.223. The number of hydrogen-bond acceptors (Lipinski definition) is 5. The molecule has 2 heterocycles. The molecule has 27 heavy (non-hydrogen) atoms. The van der Waals surface area contributed by atoms with Gasteiger partial charge in [0.2, 0.25) is 5.75 Å². The summed E-state index contributed by atoms with van der Waals surface area (Å²) in [6.07, 6.45) is 0. The van der Waals surface area contributed by atoms with Crippen molar-refractivity contribution in [3.05, 3.63) is 74.8 Å². The quantitative estimate of drug-likeness (QED) is 0.568. The van der Waals surface area contributed by atoms with Gasteiger partial charge in [0.25, 0.3) is 11.5 Å². The lowest BCUT2D eigenvalue weighted by molar-refractivity contribution is 0.0825. The van der Waals surface area contributed by atoms with Crippen molar-refractivity contribution in [2.45, 2.75) is 0 Å². The number of fused-ring (bicyclic) bond motifs is 2. The number of carbonyl (C=O) groups excluding carboxylic acids is 1. The number of aromatic amines is 1. The van der Waals surface area contributed by atoms with Crippen molar-refractivity contribution >= 4 is 17.3 Å². The van der Waals surface area contributed by atoms with Crippen LogP contribution in [0, 0.1) is 0 Å². The Hall–Kier alpha value is -3.81. The fourth-order valence-corrected chi connectivity index (χ4v) is 2.88. The third-order valence-electron chi connectivity index (χ3n) is 4.19. The number of amides is 1. The smallest absolute Gasteiger partial charge is 0.308 e. The Morgan fingerprint density at radius 1 is 1.00 bits per heavy atom. The lowest BCUT2D eigenvalue weighted by Gasteiger charge is -2.23. The van der Waals surface area contributed by atoms with Gasteiger partial charge < -0.3 is 15.0 Å². The van der Waals surface area contributed by atoms with Gasteiger partial charge in [-0.1, -0.05) is 24.3 Å². The molecule has 1 amide bonds. The molecule has 0 fully saturated rings. The van der Waals surface area contributed by atoms with E-state index in [2.05, 4.69) is 10.4 Å². The molecule has 8 nitrogen and oxygen atoms in total. The first kappa shape index (κ1) is 16.6. The third kappa shape index (κ3) is 2.67. The van der Waals surface area contributed by atoms with Crippen LogP contribution < -0.4 is 21.2 Å². The normalized spacial score (nSPS) is 11.6. The van der Waals surface area contributed by atoms with E-state index in [1.165, 1.54) is 4.90 Å². The van der Waals surface area contributed by atoms with E-state index >= 15 is 0 Å². The highest BCUT2D eigenvalue weighted by Crippen LogP contribution is 2.40. The van der Waals surface area contributed by atoms with Gasteiger partial charge in [-0.05, 0) is 24.3 Å². The van der Waals surface area contributed by atoms with Crippen molar-refractivity contribution in [1.29, 1.82) is 0 Å². The Balaban J connectivity index is 1.88. The van der Waals surface area contributed by atoms with Crippen LogP contribution >= 0.6 is 0 Å². The Labute approximate surface area is 153 Å². The van der Waals surface area contributed by atoms with Crippen molar-refractivity contribution in [3.8, 4) is 17.2 Å². The molecule has 0 bridgehead atoms. The molecule has 0 saturated heterocycles. The van der Waals surface area contributed by atoms with Gasteiger partial charge in [-0.15, -0.1) is 0 Å². The summed E-state index contributed by atoms with van der Waals surface area (Å²) in [6, 6.07) is 13.7. The first-order valence-corrected chi connectivity index (χ1v) is 8.21. The number of aromatic nitrogens is 2. The molecule has 2 N–H and O–H groups in total. The predicted molar refractivity (Wildman–Crippen MR) is 100 cm³/mol. The number of carbonyl (C=O) groups is 1. The molecule has 2 aromatic carbocycles. The second-order valence-corrected chi connectivity index (χ2v) is 6.23. The maximum Gasteiger partial charge on any atom is 0.308 e. The summed E-state index contributed by atoms with van der Waals surface area (Å²) in [7, 11) is 3.24. The van der Waals surface area contributed by atoms with E-state index in [1.807, 2.05) is 6.07 Å². The van der Waals surface area contributed by atoms with Crippen LogP contribution in [0.2, 0.25) is 0 Å². The van der Waals surface area contributed by atoms with Gasteiger partial charge >= 0.3 is 5.56 Å². The van der Waals surface area contributed by atoms with Crippen LogP contribution in [0.25, 0.3) is 5.69 Å². The van der Waals surface area contributed by atoms with Gasteiger partial charge in [0, 0.05) is 14.1 Å². The van der Waals surface area contributed by atoms with Crippen molar-refractivity contribution in [1.82, 2.24) is 14.7 Å². The molecule has 136 valence electrons. The number of benzene rings is 2. The molecule has 0 saturated carbocycles. The molecule has 0 aliphatic carbocycles. The first-order valence-electron chi connectivity index (χ1n) is 8.21. The monoisotopic (exact) mass is 364 g/mol. The van der Waals surface area contributed by atoms with Crippen molar-refractivity contribution < 1.29 is 9.53 Å². The van der Waals surface area contributed by atoms with E-state index in [0.717, 1.165) is 4.68 Å². The fraction of sp³-hybridized carbons (Fsp3) is 0.105. The number of nitrogens with one attached hydrogen (secondary N) is 2. The number of anilines is 2. The number of ether oxygens (including phenoxy) is 1. The molecule has 1 aliphatic rings. The lowest BCUT2D eigenvalue weighted by Crippen LogP contribution is -2.33. The second-order valence-electron chi connectivity index (χ2n) is 6.23. The highest BCUT2D eigenvalue weighted by Gasteiger charge is 2.28. The number of hydrogen-bond donors (Lipinski definition) is 2. The fourth-order valence-electron chi connectivity index (χ4n) is 2.88. The van der Waals surface area contributed by atoms with Crippen LogP contribution in [-0.4, -0.2) is 34.7 Å². The van der Waals surface area contributed by atoms with Crippen LogP contribution in [0.1, 0.15) is 10.4 Å². The van der Waals surface area contributed by atoms with Crippen molar-refractivity contribution in [3.63, 3.8) is 0 Å². The van der Waals surface area contributed by atoms with E-state index in [1.54, 1.807) is 56.6 Å². The number of H-pyrrole nitrogens is 1. The molecule has 4 rings (SSSR count). The average molecular weight is 364 g/mol. The van der Waals surface area contributed by atoms with E-state index in [4.69, 9.17) is 4.74 Å². The first-order chi connectivity index (χ1) is 13.0. The summed E-state index contributed by atoms with van der Waals surface area (Å²) in [5, 5.41) is 5.46. The van der Waals surface area contributed by atoms with E-state index in [-0.39, 0.29) is 23.1 Å². The minimum absolute atomic E-state index is 0.0181. The standard InChI is InChI=1S/C19H16N4O4/c1-22(2)18(25)12-9-6-10-13-15(12)27-16-14(20-13)19(26)23(21-17(16)24)11-7-4-3-5-8-11/h3-10,20H,1-2H3,(H,21,24). The predicted octanol–water partition coefficient (Wildman–Crippen LogP) is 2.08. The van der Waals surface area contributed by atoms with Crippen LogP contribution in [0.15, 0.2) is 58.1 Å². The summed E-state index contributed by atoms with van der Waals surface area (Å²) >= 11 is 0. The molecule has 0 spiro atoms. The summed E-state index contributed by atoms with van der Waals surface area (Å²) in [5.74, 6) is -0.226. The molecule has 3 aromatic rings. The molecule has 0 unspecified atom stereocenters. The summed E-state index contributed by atoms with van der Waals surface area (Å²) < 4.78 is 6.87. The summed E-state index contributed by atoms with van der Waals surface area (Å²) in [4.78, 5) is 39.2. The molecule has 0 atom stereocenters. The van der Waals surface area contributed by atoms with Gasteiger partial charge in [0.05, 0.1) is 16.9 Å². The zero-order chi connectivity index (χ0) is 19.1. The minimum atomic E-state index is -0.585. The minimum Gasteiger partial charge on any atom is -0.446 e. The Morgan fingerprint density at radius 2 is 1.74 bits per heavy atom. The van der Waals surface area contributed by atoms with Gasteiger partial charge in [-0.2, -0.15) is 0 Å². The highest BCUT2D eigenvalue weighted by molar-refractivity contribution is 5.99. The molecule has 1 aromatic heterocycles. The second kappa shape index (κ2) is 6.17. The molecular formula is C19H16N4O4. The SMILES string of the molecule is CN(C)C(=O)c1cccc2c1Oc1c(c(=O)n(-c3ccccc3)[nH]c1=O)N2. The molecule has 1 aliphatic heterocycles. The van der Waals surface area contributed by atoms with E-state index in [9.17, 15) is 14.4 Å². The maximum absolute atomic E-state index is 12.9. The molecule has 0 radical (unpaired) electrons. The lowest BCUT2D eigenvalue weighted by atomic mass is 10.1. The Bertz CT molecular complexity index is 1160. The van der Waals surface area contributed by atoms with Gasteiger partial charge in [-0.3, -0.25) is 19.5 Å². The van der Waals surface area contributed by atoms with Crippen LogP contribution in [0.4, 0.5) is 11.4 Å². The molecule has 8 heteroatoms. The van der Waals surface area contributed by atoms with E-state index < -0.39 is 11.1 Å². The maximum atomic E-state index is 12.9. The van der Waals surface area contributed by atoms with E-state index in [0.29, 0.717) is 16.9 Å². The average Bonchev–Trinajstić information content (AvgIpc) is 2.69. The van der Waals surface area contributed by atoms with Crippen molar-refractivity contribution in [2.24, 2.45) is 0 Å². The Kier molecular flexibility index (Phi) is 3.80.